The van der Waals surface area contributed by atoms with E-state index in [1.807, 2.05) is 56.3 Å². The maximum absolute atomic E-state index is 6.40. The monoisotopic (exact) mass is 546 g/mol. The summed E-state index contributed by atoms with van der Waals surface area (Å²) >= 11 is 7.77. The smallest absolute Gasteiger partial charge is 0.228 e. The molecule has 7 nitrogen and oxygen atoms in total. The number of pyridine rings is 1. The van der Waals surface area contributed by atoms with Crippen molar-refractivity contribution in [3.63, 3.8) is 0 Å². The van der Waals surface area contributed by atoms with Crippen LogP contribution in [0.25, 0.3) is 11.3 Å². The Bertz CT molecular complexity index is 1390. The third-order valence-electron chi connectivity index (χ3n) is 6.58. The quantitative estimate of drug-likeness (QED) is 0.197. The normalized spacial score (nSPS) is 17.2. The minimum absolute atomic E-state index is 0.299. The Hall–Kier alpha value is -3.33. The van der Waals surface area contributed by atoms with E-state index in [9.17, 15) is 0 Å². The molecule has 0 bridgehead atoms. The van der Waals surface area contributed by atoms with Crippen LogP contribution < -0.4 is 20.5 Å². The molecule has 0 atom stereocenters. The van der Waals surface area contributed by atoms with Crippen LogP contribution in [0.1, 0.15) is 36.8 Å². The average Bonchev–Trinajstić information content (AvgIpc) is 2.92. The second kappa shape index (κ2) is 12.0. The molecule has 1 saturated carbocycles. The first kappa shape index (κ1) is 26.3. The number of aryl methyl sites for hydroxylation is 2. The van der Waals surface area contributed by atoms with Crippen LogP contribution in [0.2, 0.25) is 5.02 Å². The first-order valence-corrected chi connectivity index (χ1v) is 13.9. The molecule has 0 amide bonds. The topological polar surface area (TPSA) is 98.0 Å². The minimum atomic E-state index is 0.299. The highest BCUT2D eigenvalue weighted by molar-refractivity contribution is 8.00. The van der Waals surface area contributed by atoms with E-state index in [-0.39, 0.29) is 0 Å². The molecule has 2 aromatic heterocycles. The number of ether oxygens (including phenoxy) is 1. The summed E-state index contributed by atoms with van der Waals surface area (Å²) < 4.78 is 9.79. The van der Waals surface area contributed by atoms with Crippen molar-refractivity contribution in [3.05, 3.63) is 83.1 Å². The average molecular weight is 547 g/mol. The first-order chi connectivity index (χ1) is 18.5. The molecule has 0 radical (unpaired) electrons. The fraction of sp³-hybridized carbons (Fsp3) is 0.276. The van der Waals surface area contributed by atoms with Crippen molar-refractivity contribution >= 4 is 35.2 Å². The van der Waals surface area contributed by atoms with Crippen LogP contribution in [0.15, 0.2) is 71.9 Å². The second-order valence-corrected chi connectivity index (χ2v) is 10.8. The van der Waals surface area contributed by atoms with Gasteiger partial charge in [-0.2, -0.15) is 0 Å². The van der Waals surface area contributed by atoms with Gasteiger partial charge in [-0.25, -0.2) is 15.0 Å². The molecule has 38 heavy (non-hydrogen) atoms. The van der Waals surface area contributed by atoms with Crippen molar-refractivity contribution in [3.8, 4) is 22.9 Å². The molecule has 5 rings (SSSR count). The summed E-state index contributed by atoms with van der Waals surface area (Å²) in [5.41, 5.74) is 10.6. The molecule has 2 aromatic carbocycles. The second-order valence-electron chi connectivity index (χ2n) is 9.55. The summed E-state index contributed by atoms with van der Waals surface area (Å²) in [6.45, 7) is 4.05. The third-order valence-corrected chi connectivity index (χ3v) is 7.94. The Kier molecular flexibility index (Phi) is 8.32. The van der Waals surface area contributed by atoms with Gasteiger partial charge in [0.15, 0.2) is 0 Å². The van der Waals surface area contributed by atoms with Crippen molar-refractivity contribution in [2.45, 2.75) is 56.5 Å². The van der Waals surface area contributed by atoms with Crippen LogP contribution in [0, 0.1) is 13.8 Å². The van der Waals surface area contributed by atoms with Gasteiger partial charge < -0.3 is 20.5 Å². The molecule has 0 spiro atoms. The van der Waals surface area contributed by atoms with Gasteiger partial charge in [-0.05, 0) is 105 Å². The number of anilines is 2. The van der Waals surface area contributed by atoms with Crippen molar-refractivity contribution < 1.29 is 4.74 Å². The number of hydrogen-bond acceptors (Lipinski definition) is 8. The molecule has 1 fully saturated rings. The highest BCUT2D eigenvalue weighted by Crippen LogP contribution is 2.36. The van der Waals surface area contributed by atoms with Crippen LogP contribution in [-0.4, -0.2) is 27.0 Å². The SMILES string of the molecule is Cc1cc(NSc2ccccc2Cl)cc(C)c1Oc1ncccc1-c1ccnc(N[C@H]2CC[C@H](N)CC2)n1. The van der Waals surface area contributed by atoms with Crippen LogP contribution in [0.5, 0.6) is 11.6 Å². The van der Waals surface area contributed by atoms with Crippen molar-refractivity contribution in [2.75, 3.05) is 10.0 Å². The predicted molar refractivity (Wildman–Crippen MR) is 156 cm³/mol. The van der Waals surface area contributed by atoms with Gasteiger partial charge in [-0.15, -0.1) is 0 Å². The fourth-order valence-corrected chi connectivity index (χ4v) is 5.51. The lowest BCUT2D eigenvalue weighted by Gasteiger charge is -2.26. The Morgan fingerprint density at radius 3 is 2.47 bits per heavy atom. The fourth-order valence-electron chi connectivity index (χ4n) is 4.60. The van der Waals surface area contributed by atoms with Gasteiger partial charge in [0.05, 0.1) is 16.3 Å². The molecule has 1 aliphatic carbocycles. The molecular formula is C29H31ClN6OS. The molecule has 196 valence electrons. The summed E-state index contributed by atoms with van der Waals surface area (Å²) in [4.78, 5) is 14.7. The van der Waals surface area contributed by atoms with Crippen molar-refractivity contribution in [1.82, 2.24) is 15.0 Å². The molecule has 0 aliphatic heterocycles. The molecular weight excluding hydrogens is 516 g/mol. The van der Waals surface area contributed by atoms with Gasteiger partial charge in [-0.1, -0.05) is 23.7 Å². The Morgan fingerprint density at radius 2 is 1.71 bits per heavy atom. The number of hydrogen-bond donors (Lipinski definition) is 3. The maximum atomic E-state index is 6.40. The van der Waals surface area contributed by atoms with Crippen LogP contribution >= 0.6 is 23.5 Å². The highest BCUT2D eigenvalue weighted by Gasteiger charge is 2.20. The van der Waals surface area contributed by atoms with Crippen LogP contribution in [-0.2, 0) is 0 Å². The molecule has 4 aromatic rings. The zero-order valence-corrected chi connectivity index (χ0v) is 23.0. The summed E-state index contributed by atoms with van der Waals surface area (Å²) in [5, 5.41) is 4.19. The number of nitrogens with zero attached hydrogens (tertiary/aromatic N) is 3. The number of rotatable bonds is 8. The van der Waals surface area contributed by atoms with E-state index in [0.717, 1.165) is 64.4 Å². The third kappa shape index (κ3) is 6.38. The molecule has 0 saturated heterocycles. The summed E-state index contributed by atoms with van der Waals surface area (Å²) in [5.74, 6) is 1.87. The van der Waals surface area contributed by atoms with Crippen molar-refractivity contribution in [1.29, 1.82) is 0 Å². The van der Waals surface area contributed by atoms with E-state index in [0.29, 0.717) is 28.9 Å². The number of nitrogens with two attached hydrogens (primary N) is 1. The molecule has 9 heteroatoms. The van der Waals surface area contributed by atoms with Gasteiger partial charge in [0.1, 0.15) is 5.75 Å². The van der Waals surface area contributed by atoms with E-state index in [1.165, 1.54) is 11.9 Å². The molecule has 4 N–H and O–H groups in total. The summed E-state index contributed by atoms with van der Waals surface area (Å²) in [6, 6.07) is 18.2. The Morgan fingerprint density at radius 1 is 0.947 bits per heavy atom. The standard InChI is InChI=1S/C29H31ClN6OS/c1-18-16-22(36-38-26-8-4-3-7-24(26)30)17-19(2)27(18)37-28-23(6-5-14-32-28)25-13-15-33-29(35-25)34-21-11-9-20(31)10-12-21/h3-8,13-17,20-21,36H,9-12,31H2,1-2H3,(H,33,34,35)/t20-,21-. The van der Waals surface area contributed by atoms with E-state index in [4.69, 9.17) is 27.1 Å². The number of halogens is 1. The molecule has 0 unspecified atom stereocenters. The lowest BCUT2D eigenvalue weighted by molar-refractivity contribution is 0.410. The number of benzene rings is 2. The van der Waals surface area contributed by atoms with Gasteiger partial charge in [0.25, 0.3) is 0 Å². The van der Waals surface area contributed by atoms with Crippen molar-refractivity contribution in [2.24, 2.45) is 5.73 Å². The lowest BCUT2D eigenvalue weighted by Crippen LogP contribution is -2.33. The van der Waals surface area contributed by atoms with E-state index < -0.39 is 0 Å². The summed E-state index contributed by atoms with van der Waals surface area (Å²) in [7, 11) is 0. The van der Waals surface area contributed by atoms with Gasteiger partial charge in [0.2, 0.25) is 11.8 Å². The van der Waals surface area contributed by atoms with Gasteiger partial charge in [0, 0.05) is 35.1 Å². The predicted octanol–water partition coefficient (Wildman–Crippen LogP) is 7.40. The zero-order valence-electron chi connectivity index (χ0n) is 21.4. The van der Waals surface area contributed by atoms with E-state index in [1.54, 1.807) is 12.4 Å². The minimum Gasteiger partial charge on any atom is -0.438 e. The number of aromatic nitrogens is 3. The van der Waals surface area contributed by atoms with E-state index in [2.05, 4.69) is 32.1 Å². The Labute approximate surface area is 232 Å². The largest absolute Gasteiger partial charge is 0.438 e. The van der Waals surface area contributed by atoms with E-state index >= 15 is 0 Å². The van der Waals surface area contributed by atoms with Gasteiger partial charge >= 0.3 is 0 Å². The first-order valence-electron chi connectivity index (χ1n) is 12.7. The maximum Gasteiger partial charge on any atom is 0.228 e. The highest BCUT2D eigenvalue weighted by atomic mass is 35.5. The molecule has 1 aliphatic rings. The lowest BCUT2D eigenvalue weighted by atomic mass is 9.92. The Balaban J connectivity index is 1.33. The van der Waals surface area contributed by atoms with Crippen LogP contribution in [0.4, 0.5) is 11.6 Å². The number of nitrogens with one attached hydrogen (secondary N) is 2. The zero-order chi connectivity index (χ0) is 26.5. The van der Waals surface area contributed by atoms with Gasteiger partial charge in [-0.3, -0.25) is 0 Å². The molecule has 2 heterocycles. The summed E-state index contributed by atoms with van der Waals surface area (Å²) in [6.07, 6.45) is 7.58. The van der Waals surface area contributed by atoms with Crippen LogP contribution in [0.3, 0.4) is 0 Å².